The van der Waals surface area contributed by atoms with Crippen LogP contribution in [-0.2, 0) is 4.74 Å². The van der Waals surface area contributed by atoms with Crippen LogP contribution in [0.3, 0.4) is 0 Å². The summed E-state index contributed by atoms with van der Waals surface area (Å²) in [5, 5.41) is 0. The van der Waals surface area contributed by atoms with E-state index >= 15 is 0 Å². The summed E-state index contributed by atoms with van der Waals surface area (Å²) in [6, 6.07) is 16.8. The van der Waals surface area contributed by atoms with Crippen molar-refractivity contribution in [1.82, 2.24) is 4.90 Å². The Balaban J connectivity index is 1.33. The van der Waals surface area contributed by atoms with Crippen molar-refractivity contribution in [3.8, 4) is 16.9 Å². The van der Waals surface area contributed by atoms with E-state index in [0.717, 1.165) is 37.0 Å². The van der Waals surface area contributed by atoms with Crippen molar-refractivity contribution in [3.05, 3.63) is 60.2 Å². The first-order chi connectivity index (χ1) is 15.6. The van der Waals surface area contributed by atoms with Gasteiger partial charge < -0.3 is 14.4 Å². The predicted octanol–water partition coefficient (Wildman–Crippen LogP) is 6.95. The Labute approximate surface area is 192 Å². The van der Waals surface area contributed by atoms with Crippen molar-refractivity contribution < 1.29 is 14.3 Å². The van der Waals surface area contributed by atoms with E-state index in [9.17, 15) is 4.79 Å². The Bertz CT molecular complexity index is 929. The topological polar surface area (TPSA) is 38.8 Å². The smallest absolute Gasteiger partial charge is 0.409 e. The van der Waals surface area contributed by atoms with Crippen LogP contribution in [0, 0.1) is 5.92 Å². The monoisotopic (exact) mass is 433 g/mol. The van der Waals surface area contributed by atoms with E-state index in [1.807, 2.05) is 11.0 Å². The molecule has 2 aliphatic heterocycles. The van der Waals surface area contributed by atoms with Crippen LogP contribution in [0.25, 0.3) is 17.2 Å². The van der Waals surface area contributed by atoms with Crippen LogP contribution in [-0.4, -0.2) is 36.3 Å². The second kappa shape index (κ2) is 10.2. The highest BCUT2D eigenvalue weighted by molar-refractivity contribution is 5.72. The van der Waals surface area contributed by atoms with Gasteiger partial charge in [0.2, 0.25) is 0 Å². The fourth-order valence-electron chi connectivity index (χ4n) is 4.59. The number of carbonyl (C=O) groups is 1. The highest BCUT2D eigenvalue weighted by atomic mass is 16.6. The van der Waals surface area contributed by atoms with Gasteiger partial charge in [0, 0.05) is 31.5 Å². The number of rotatable bonds is 7. The third-order valence-corrected chi connectivity index (χ3v) is 6.85. The summed E-state index contributed by atoms with van der Waals surface area (Å²) in [5.41, 5.74) is 3.17. The van der Waals surface area contributed by atoms with Crippen LogP contribution < -0.4 is 4.74 Å². The van der Waals surface area contributed by atoms with E-state index in [4.69, 9.17) is 9.47 Å². The van der Waals surface area contributed by atoms with E-state index in [1.54, 1.807) is 0 Å². The Morgan fingerprint density at radius 1 is 1.09 bits per heavy atom. The van der Waals surface area contributed by atoms with E-state index < -0.39 is 0 Å². The molecule has 0 saturated carbocycles. The molecular weight excluding hydrogens is 398 g/mol. The lowest BCUT2D eigenvalue weighted by atomic mass is 9.87. The Hall–Kier alpha value is -2.75. The van der Waals surface area contributed by atoms with E-state index in [-0.39, 0.29) is 11.7 Å². The second-order valence-electron chi connectivity index (χ2n) is 9.10. The van der Waals surface area contributed by atoms with E-state index in [1.165, 1.54) is 24.0 Å². The molecule has 0 aliphatic carbocycles. The molecule has 2 heterocycles. The zero-order valence-corrected chi connectivity index (χ0v) is 19.4. The number of amides is 1. The number of likely N-dealkylation sites (tertiary alicyclic amines) is 1. The van der Waals surface area contributed by atoms with Gasteiger partial charge in [0.25, 0.3) is 0 Å². The lowest BCUT2D eigenvalue weighted by Gasteiger charge is -2.41. The standard InChI is InChI=1S/C28H35NO3/c1-3-5-9-22(4-2)21-31-27(30)29-18-16-28(17-19-29)15-14-25-20-24(12-13-26(25)32-28)23-10-7-6-8-11-23/h6-8,10-15,20,22H,3-5,9,16-19,21H2,1-2H3. The molecule has 0 bridgehead atoms. The molecule has 0 radical (unpaired) electrons. The lowest BCUT2D eigenvalue weighted by molar-refractivity contribution is 0.0265. The van der Waals surface area contributed by atoms with Crippen LogP contribution in [0.1, 0.15) is 57.9 Å². The van der Waals surface area contributed by atoms with Gasteiger partial charge in [0.15, 0.2) is 0 Å². The summed E-state index contributed by atoms with van der Waals surface area (Å²) >= 11 is 0. The van der Waals surface area contributed by atoms with E-state index in [2.05, 4.69) is 68.5 Å². The van der Waals surface area contributed by atoms with Crippen LogP contribution in [0.2, 0.25) is 0 Å². The molecule has 1 spiro atoms. The molecule has 0 N–H and O–H groups in total. The number of nitrogens with zero attached hydrogens (tertiary/aromatic N) is 1. The molecule has 1 fully saturated rings. The minimum Gasteiger partial charge on any atom is -0.482 e. The highest BCUT2D eigenvalue weighted by Crippen LogP contribution is 2.38. The van der Waals surface area contributed by atoms with Crippen molar-refractivity contribution in [2.75, 3.05) is 19.7 Å². The van der Waals surface area contributed by atoms with E-state index in [0.29, 0.717) is 25.6 Å². The molecule has 0 aromatic heterocycles. The Morgan fingerprint density at radius 3 is 2.59 bits per heavy atom. The maximum atomic E-state index is 12.6. The third kappa shape index (κ3) is 5.17. The molecule has 1 amide bonds. The Morgan fingerprint density at radius 2 is 1.88 bits per heavy atom. The second-order valence-corrected chi connectivity index (χ2v) is 9.10. The molecule has 4 nitrogen and oxygen atoms in total. The lowest BCUT2D eigenvalue weighted by Crippen LogP contribution is -2.49. The number of hydrogen-bond acceptors (Lipinski definition) is 3. The van der Waals surface area contributed by atoms with Crippen LogP contribution in [0.15, 0.2) is 54.6 Å². The molecule has 1 saturated heterocycles. The summed E-state index contributed by atoms with van der Waals surface area (Å²) in [4.78, 5) is 14.4. The minimum atomic E-state index is -0.328. The first-order valence-corrected chi connectivity index (χ1v) is 12.1. The SMILES string of the molecule is CCCCC(CC)COC(=O)N1CCC2(C=Cc3cc(-c4ccccc4)ccc3O2)CC1. The summed E-state index contributed by atoms with van der Waals surface area (Å²) in [7, 11) is 0. The molecule has 2 aromatic rings. The molecule has 1 unspecified atom stereocenters. The van der Waals surface area contributed by atoms with Gasteiger partial charge in [-0.3, -0.25) is 0 Å². The van der Waals surface area contributed by atoms with Gasteiger partial charge in [0.05, 0.1) is 6.61 Å². The largest absolute Gasteiger partial charge is 0.482 e. The normalized spacial score (nSPS) is 17.5. The zero-order valence-electron chi connectivity index (χ0n) is 19.4. The fraction of sp³-hybridized carbons (Fsp3) is 0.464. The molecule has 1 atom stereocenters. The molecule has 170 valence electrons. The van der Waals surface area contributed by atoms with Crippen molar-refractivity contribution in [1.29, 1.82) is 0 Å². The molecule has 2 aliphatic rings. The predicted molar refractivity (Wildman–Crippen MR) is 130 cm³/mol. The van der Waals surface area contributed by atoms with Crippen molar-refractivity contribution in [2.24, 2.45) is 5.92 Å². The average molecular weight is 434 g/mol. The quantitative estimate of drug-likeness (QED) is 0.474. The third-order valence-electron chi connectivity index (χ3n) is 6.85. The number of fused-ring (bicyclic) bond motifs is 1. The number of unbranched alkanes of at least 4 members (excludes halogenated alkanes) is 1. The van der Waals surface area contributed by atoms with Crippen molar-refractivity contribution in [2.45, 2.75) is 58.0 Å². The number of piperidine rings is 1. The first kappa shape index (κ1) is 22.4. The van der Waals surface area contributed by atoms with Gasteiger partial charge in [-0.25, -0.2) is 4.79 Å². The van der Waals surface area contributed by atoms with Crippen molar-refractivity contribution >= 4 is 12.2 Å². The number of ether oxygens (including phenoxy) is 2. The number of benzene rings is 2. The van der Waals surface area contributed by atoms with Gasteiger partial charge in [-0.05, 0) is 41.7 Å². The van der Waals surface area contributed by atoms with Crippen LogP contribution >= 0.6 is 0 Å². The minimum absolute atomic E-state index is 0.178. The van der Waals surface area contributed by atoms with Crippen molar-refractivity contribution in [3.63, 3.8) is 0 Å². The summed E-state index contributed by atoms with van der Waals surface area (Å²) in [6.45, 7) is 6.22. The molecular formula is C28H35NO3. The van der Waals surface area contributed by atoms with Gasteiger partial charge >= 0.3 is 6.09 Å². The first-order valence-electron chi connectivity index (χ1n) is 12.1. The summed E-state index contributed by atoms with van der Waals surface area (Å²) in [5.74, 6) is 1.39. The zero-order chi connectivity index (χ0) is 22.4. The number of carbonyl (C=O) groups excluding carboxylic acids is 1. The number of hydrogen-bond donors (Lipinski definition) is 0. The summed E-state index contributed by atoms with van der Waals surface area (Å²) < 4.78 is 12.1. The highest BCUT2D eigenvalue weighted by Gasteiger charge is 2.38. The van der Waals surface area contributed by atoms with Gasteiger partial charge in [0.1, 0.15) is 11.4 Å². The molecule has 4 rings (SSSR count). The fourth-order valence-corrected chi connectivity index (χ4v) is 4.59. The summed E-state index contributed by atoms with van der Waals surface area (Å²) in [6.07, 6.45) is 10.3. The molecule has 4 heteroatoms. The average Bonchev–Trinajstić information content (AvgIpc) is 2.85. The van der Waals surface area contributed by atoms with Crippen LogP contribution in [0.5, 0.6) is 5.75 Å². The van der Waals surface area contributed by atoms with Crippen LogP contribution in [0.4, 0.5) is 4.79 Å². The molecule has 32 heavy (non-hydrogen) atoms. The Kier molecular flexibility index (Phi) is 7.19. The maximum absolute atomic E-state index is 12.6. The molecule has 2 aromatic carbocycles. The van der Waals surface area contributed by atoms with Gasteiger partial charge in [-0.15, -0.1) is 0 Å². The van der Waals surface area contributed by atoms with Gasteiger partial charge in [-0.1, -0.05) is 75.6 Å². The maximum Gasteiger partial charge on any atom is 0.409 e. The van der Waals surface area contributed by atoms with Gasteiger partial charge in [-0.2, -0.15) is 0 Å².